The number of aliphatic hydroxyl groups is 4. The van der Waals surface area contributed by atoms with Gasteiger partial charge in [0.25, 0.3) is 0 Å². The van der Waals surface area contributed by atoms with E-state index in [9.17, 15) is 30.0 Å². The molecule has 226 valence electrons. The van der Waals surface area contributed by atoms with Crippen LogP contribution in [-0.2, 0) is 19.1 Å². The number of Topliss-reactive ketones (excluding diaryl/α,β-unsaturated/α-hetero) is 1. The summed E-state index contributed by atoms with van der Waals surface area (Å²) in [5.41, 5.74) is -3.97. The van der Waals surface area contributed by atoms with E-state index in [0.29, 0.717) is 11.1 Å². The number of hydrogen-bond acceptors (Lipinski definition) is 9. The molecule has 1 heterocycles. The van der Waals surface area contributed by atoms with Crippen LogP contribution in [-0.4, -0.2) is 81.5 Å². The van der Waals surface area contributed by atoms with E-state index in [4.69, 9.17) is 9.47 Å². The Kier molecular flexibility index (Phi) is 7.37. The van der Waals surface area contributed by atoms with E-state index in [2.05, 4.69) is 5.32 Å². The van der Waals surface area contributed by atoms with Crippen molar-refractivity contribution in [3.63, 3.8) is 0 Å². The second kappa shape index (κ2) is 9.96. The van der Waals surface area contributed by atoms with Gasteiger partial charge in [0.15, 0.2) is 5.78 Å². The van der Waals surface area contributed by atoms with Crippen molar-refractivity contribution in [1.82, 2.24) is 5.32 Å². The zero-order chi connectivity index (χ0) is 30.3. The summed E-state index contributed by atoms with van der Waals surface area (Å²) in [6, 6.07) is 9.26. The standard InChI is InChI=1S/C32H45NO8/c1-16-20(41-28(37)17(2)24(33-7)19-11-9-8-10-12-19)14-32(39)18(3)26-30(6,21(34)13-22-31(26,38)15-40-22)27(36)25(35)23(16)29(32,4)5/h8-12,17-18,20-22,24-26,33-35,38-39H,13-15H2,1-7H3/t17-,18+,20+,21+,22-,24-,25-,26+,30-,31+,32-/m1/s1. The molecular weight excluding hydrogens is 526 g/mol. The van der Waals surface area contributed by atoms with Crippen LogP contribution in [0.25, 0.3) is 0 Å². The Labute approximate surface area is 241 Å². The van der Waals surface area contributed by atoms with Crippen LogP contribution in [0.15, 0.2) is 41.5 Å². The summed E-state index contributed by atoms with van der Waals surface area (Å²) in [5, 5.41) is 50.7. The van der Waals surface area contributed by atoms with Gasteiger partial charge in [-0.3, -0.25) is 9.59 Å². The topological polar surface area (TPSA) is 146 Å². The lowest BCUT2D eigenvalue weighted by Crippen LogP contribution is -2.78. The van der Waals surface area contributed by atoms with Gasteiger partial charge in [-0.1, -0.05) is 58.0 Å². The molecule has 1 aromatic rings. The van der Waals surface area contributed by atoms with Crippen molar-refractivity contribution in [3.8, 4) is 0 Å². The molecule has 5 rings (SSSR count). The van der Waals surface area contributed by atoms with Crippen molar-refractivity contribution in [1.29, 1.82) is 0 Å². The molecule has 41 heavy (non-hydrogen) atoms. The Morgan fingerprint density at radius 2 is 1.78 bits per heavy atom. The van der Waals surface area contributed by atoms with Gasteiger partial charge in [-0.2, -0.15) is 0 Å². The zero-order valence-electron chi connectivity index (χ0n) is 25.0. The van der Waals surface area contributed by atoms with Crippen LogP contribution in [0.5, 0.6) is 0 Å². The number of ether oxygens (including phenoxy) is 2. The largest absolute Gasteiger partial charge is 0.457 e. The lowest BCUT2D eigenvalue weighted by Gasteiger charge is -2.67. The minimum atomic E-state index is -1.67. The van der Waals surface area contributed by atoms with Crippen LogP contribution in [0.3, 0.4) is 0 Å². The highest BCUT2D eigenvalue weighted by Crippen LogP contribution is 2.64. The minimum absolute atomic E-state index is 0.00963. The predicted molar refractivity (Wildman–Crippen MR) is 150 cm³/mol. The first kappa shape index (κ1) is 30.3. The van der Waals surface area contributed by atoms with Crippen molar-refractivity contribution in [2.75, 3.05) is 13.7 Å². The second-order valence-corrected chi connectivity index (χ2v) is 13.6. The highest BCUT2D eigenvalue weighted by Gasteiger charge is 2.74. The van der Waals surface area contributed by atoms with Crippen LogP contribution >= 0.6 is 0 Å². The Bertz CT molecular complexity index is 1250. The SMILES string of the molecule is CN[C@@H](c1ccccc1)[C@@H](C)C(=O)O[C@H]1C[C@@]2(O)[C@@H](C)[C@@H]3[C@]4(O)CO[C@@H]4C[C@H](O)[C@@]3(C)C(=O)[C@H](O)C(=C1C)C2(C)C. The number of aliphatic hydroxyl groups excluding tert-OH is 2. The van der Waals surface area contributed by atoms with Crippen LogP contribution in [0.2, 0.25) is 0 Å². The number of hydrogen-bond donors (Lipinski definition) is 5. The van der Waals surface area contributed by atoms with Crippen LogP contribution < -0.4 is 5.32 Å². The first-order valence-corrected chi connectivity index (χ1v) is 14.7. The molecule has 1 aliphatic heterocycles. The number of carbonyl (C=O) groups is 2. The summed E-state index contributed by atoms with van der Waals surface area (Å²) in [6.45, 7) is 10.4. The maximum Gasteiger partial charge on any atom is 0.311 e. The van der Waals surface area contributed by atoms with E-state index >= 15 is 0 Å². The monoisotopic (exact) mass is 571 g/mol. The quantitative estimate of drug-likeness (QED) is 0.265. The molecule has 0 aromatic heterocycles. The Hall–Kier alpha value is -2.14. The predicted octanol–water partition coefficient (Wildman–Crippen LogP) is 2.07. The second-order valence-electron chi connectivity index (χ2n) is 13.6. The highest BCUT2D eigenvalue weighted by atomic mass is 16.6. The Morgan fingerprint density at radius 3 is 2.34 bits per heavy atom. The van der Waals surface area contributed by atoms with Crippen molar-refractivity contribution >= 4 is 11.8 Å². The normalized spacial score (nSPS) is 43.0. The maximum atomic E-state index is 14.2. The molecule has 4 aliphatic rings. The molecule has 1 saturated heterocycles. The fraction of sp³-hybridized carbons (Fsp3) is 0.688. The fourth-order valence-corrected chi connectivity index (χ4v) is 8.86. The molecule has 1 aromatic carbocycles. The van der Waals surface area contributed by atoms with Gasteiger partial charge in [-0.25, -0.2) is 0 Å². The summed E-state index contributed by atoms with van der Waals surface area (Å²) < 4.78 is 11.7. The number of rotatable bonds is 5. The smallest absolute Gasteiger partial charge is 0.311 e. The molecule has 3 fully saturated rings. The summed E-state index contributed by atoms with van der Waals surface area (Å²) in [4.78, 5) is 27.8. The Balaban J connectivity index is 1.57. The van der Waals surface area contributed by atoms with E-state index in [-0.39, 0.29) is 25.5 Å². The van der Waals surface area contributed by atoms with Gasteiger partial charge < -0.3 is 35.2 Å². The summed E-state index contributed by atoms with van der Waals surface area (Å²) >= 11 is 0. The first-order chi connectivity index (χ1) is 19.1. The van der Waals surface area contributed by atoms with E-state index in [0.717, 1.165) is 5.56 Å². The minimum Gasteiger partial charge on any atom is -0.457 e. The number of nitrogens with one attached hydrogen (secondary N) is 1. The molecule has 5 N–H and O–H groups in total. The maximum absolute atomic E-state index is 14.2. The number of benzene rings is 1. The van der Waals surface area contributed by atoms with Crippen molar-refractivity contribution in [3.05, 3.63) is 47.0 Å². The molecule has 9 heteroatoms. The summed E-state index contributed by atoms with van der Waals surface area (Å²) in [6.07, 6.45) is -4.37. The van der Waals surface area contributed by atoms with Gasteiger partial charge >= 0.3 is 5.97 Å². The average Bonchev–Trinajstić information content (AvgIpc) is 2.92. The fourth-order valence-electron chi connectivity index (χ4n) is 8.86. The first-order valence-electron chi connectivity index (χ1n) is 14.7. The molecule has 2 bridgehead atoms. The van der Waals surface area contributed by atoms with Gasteiger partial charge in [0, 0.05) is 30.2 Å². The molecule has 3 aliphatic carbocycles. The number of esters is 1. The third kappa shape index (κ3) is 4.03. The number of carbonyl (C=O) groups excluding carboxylic acids is 2. The summed E-state index contributed by atoms with van der Waals surface area (Å²) in [7, 11) is 1.78. The molecule has 0 radical (unpaired) electrons. The van der Waals surface area contributed by atoms with E-state index in [1.165, 1.54) is 0 Å². The molecule has 0 spiro atoms. The van der Waals surface area contributed by atoms with Crippen LogP contribution in [0, 0.1) is 28.6 Å². The van der Waals surface area contributed by atoms with Gasteiger partial charge in [-0.15, -0.1) is 0 Å². The van der Waals surface area contributed by atoms with Crippen molar-refractivity contribution < 1.29 is 39.5 Å². The van der Waals surface area contributed by atoms with Crippen LogP contribution in [0.1, 0.15) is 66.0 Å². The van der Waals surface area contributed by atoms with Gasteiger partial charge in [-0.05, 0) is 43.5 Å². The van der Waals surface area contributed by atoms with Gasteiger partial charge in [0.1, 0.15) is 17.8 Å². The Morgan fingerprint density at radius 1 is 1.15 bits per heavy atom. The van der Waals surface area contributed by atoms with Crippen LogP contribution in [0.4, 0.5) is 0 Å². The molecule has 11 atom stereocenters. The molecular formula is C32H45NO8. The number of ketones is 1. The van der Waals surface area contributed by atoms with Crippen molar-refractivity contribution in [2.24, 2.45) is 28.6 Å². The third-order valence-corrected chi connectivity index (χ3v) is 11.5. The van der Waals surface area contributed by atoms with E-state index < -0.39 is 76.0 Å². The lowest BCUT2D eigenvalue weighted by atomic mass is 9.43. The van der Waals surface area contributed by atoms with Gasteiger partial charge in [0.05, 0.1) is 35.7 Å². The average molecular weight is 572 g/mol. The number of fused-ring (bicyclic) bond motifs is 5. The van der Waals surface area contributed by atoms with Gasteiger partial charge in [0.2, 0.25) is 0 Å². The molecule has 9 nitrogen and oxygen atoms in total. The third-order valence-electron chi connectivity index (χ3n) is 11.5. The summed E-state index contributed by atoms with van der Waals surface area (Å²) in [5.74, 6) is -3.31. The van der Waals surface area contributed by atoms with E-state index in [1.807, 2.05) is 30.3 Å². The van der Waals surface area contributed by atoms with E-state index in [1.54, 1.807) is 48.6 Å². The lowest BCUT2D eigenvalue weighted by molar-refractivity contribution is -0.335. The highest BCUT2D eigenvalue weighted by molar-refractivity contribution is 5.93. The molecule has 2 saturated carbocycles. The van der Waals surface area contributed by atoms with Crippen molar-refractivity contribution in [2.45, 2.75) is 96.0 Å². The molecule has 0 amide bonds. The molecule has 0 unspecified atom stereocenters. The zero-order valence-corrected chi connectivity index (χ0v) is 25.0.